The summed E-state index contributed by atoms with van der Waals surface area (Å²) >= 11 is 0. The number of carbonyl (C=O) groups excluding carboxylic acids is 2. The van der Waals surface area contributed by atoms with Crippen LogP contribution in [-0.2, 0) is 16.0 Å². The van der Waals surface area contributed by atoms with Crippen LogP contribution in [0.2, 0.25) is 0 Å². The van der Waals surface area contributed by atoms with Gasteiger partial charge in [0.05, 0.1) is 18.6 Å². The highest BCUT2D eigenvalue weighted by molar-refractivity contribution is 5.88. The molecule has 0 spiro atoms. The number of nitrogens with one attached hydrogen (secondary N) is 1. The molecule has 5 nitrogen and oxygen atoms in total. The molecule has 1 heterocycles. The van der Waals surface area contributed by atoms with Crippen molar-refractivity contribution in [3.05, 3.63) is 24.2 Å². The fourth-order valence-electron chi connectivity index (χ4n) is 1.31. The van der Waals surface area contributed by atoms with Gasteiger partial charge in [0.1, 0.15) is 5.60 Å². The van der Waals surface area contributed by atoms with Gasteiger partial charge in [-0.1, -0.05) is 0 Å². The number of ether oxygens (including phenoxy) is 1. The average Bonchev–Trinajstić information content (AvgIpc) is 2.66. The van der Waals surface area contributed by atoms with Gasteiger partial charge in [-0.05, 0) is 39.3 Å². The second-order valence-electron chi connectivity index (χ2n) is 5.14. The maximum atomic E-state index is 11.8. The smallest absolute Gasteiger partial charge is 0.408 e. The summed E-state index contributed by atoms with van der Waals surface area (Å²) in [5, 5.41) is 2.51. The molecule has 0 aromatic carbocycles. The first-order valence-corrected chi connectivity index (χ1v) is 5.81. The van der Waals surface area contributed by atoms with Gasteiger partial charge in [0.25, 0.3) is 0 Å². The summed E-state index contributed by atoms with van der Waals surface area (Å²) in [6.07, 6.45) is 2.66. The van der Waals surface area contributed by atoms with E-state index in [2.05, 4.69) is 5.32 Å². The van der Waals surface area contributed by atoms with E-state index in [1.54, 1.807) is 33.8 Å². The number of hydrogen-bond donors (Lipinski definition) is 1. The first-order chi connectivity index (χ1) is 8.28. The molecule has 1 N–H and O–H groups in total. The van der Waals surface area contributed by atoms with Crippen molar-refractivity contribution in [2.75, 3.05) is 0 Å². The molecule has 0 saturated heterocycles. The van der Waals surface area contributed by atoms with Crippen LogP contribution in [0.4, 0.5) is 4.79 Å². The van der Waals surface area contributed by atoms with Crippen LogP contribution in [0, 0.1) is 0 Å². The monoisotopic (exact) mass is 253 g/mol. The Hall–Kier alpha value is -1.78. The molecule has 1 atom stereocenters. The van der Waals surface area contributed by atoms with Crippen molar-refractivity contribution in [1.29, 1.82) is 0 Å². The molecular formula is C13H19NO4. The van der Waals surface area contributed by atoms with Gasteiger partial charge in [0.15, 0.2) is 5.78 Å². The number of hydrogen-bond acceptors (Lipinski definition) is 4. The molecule has 0 radical (unpaired) electrons. The molecule has 1 aromatic rings. The van der Waals surface area contributed by atoms with Crippen molar-refractivity contribution in [2.45, 2.75) is 45.8 Å². The highest BCUT2D eigenvalue weighted by Gasteiger charge is 2.21. The summed E-state index contributed by atoms with van der Waals surface area (Å²) < 4.78 is 9.95. The first kappa shape index (κ1) is 14.3. The minimum Gasteiger partial charge on any atom is -0.472 e. The summed E-state index contributed by atoms with van der Waals surface area (Å²) in [7, 11) is 0. The van der Waals surface area contributed by atoms with Crippen LogP contribution in [0.5, 0.6) is 0 Å². The van der Waals surface area contributed by atoms with Gasteiger partial charge < -0.3 is 14.5 Å². The number of alkyl carbamates (subject to hydrolysis) is 1. The summed E-state index contributed by atoms with van der Waals surface area (Å²) in [5.74, 6) is -0.0951. The molecule has 0 bridgehead atoms. The van der Waals surface area contributed by atoms with E-state index in [1.165, 1.54) is 12.5 Å². The van der Waals surface area contributed by atoms with Gasteiger partial charge in [-0.2, -0.15) is 0 Å². The van der Waals surface area contributed by atoms with Crippen molar-refractivity contribution >= 4 is 11.9 Å². The number of ketones is 1. The molecule has 0 aliphatic rings. The SMILES string of the molecule is CC(NC(=O)OC(C)(C)C)C(=O)Cc1ccoc1. The molecular weight excluding hydrogens is 234 g/mol. The molecule has 0 saturated carbocycles. The Morgan fingerprint density at radius 3 is 2.61 bits per heavy atom. The summed E-state index contributed by atoms with van der Waals surface area (Å²) in [6.45, 7) is 6.94. The van der Waals surface area contributed by atoms with Crippen molar-refractivity contribution in [2.24, 2.45) is 0 Å². The lowest BCUT2D eigenvalue weighted by atomic mass is 10.1. The summed E-state index contributed by atoms with van der Waals surface area (Å²) in [6, 6.07) is 1.13. The second kappa shape index (κ2) is 5.71. The quantitative estimate of drug-likeness (QED) is 0.894. The molecule has 0 aliphatic carbocycles. The van der Waals surface area contributed by atoms with Crippen molar-refractivity contribution in [3.8, 4) is 0 Å². The van der Waals surface area contributed by atoms with Crippen LogP contribution in [0.3, 0.4) is 0 Å². The molecule has 18 heavy (non-hydrogen) atoms. The molecule has 5 heteroatoms. The number of carbonyl (C=O) groups is 2. The zero-order valence-electron chi connectivity index (χ0n) is 11.1. The van der Waals surface area contributed by atoms with Crippen LogP contribution < -0.4 is 5.32 Å². The van der Waals surface area contributed by atoms with E-state index in [9.17, 15) is 9.59 Å². The van der Waals surface area contributed by atoms with E-state index in [4.69, 9.17) is 9.15 Å². The maximum absolute atomic E-state index is 11.8. The molecule has 1 unspecified atom stereocenters. The Kier molecular flexibility index (Phi) is 4.53. The van der Waals surface area contributed by atoms with E-state index in [0.717, 1.165) is 5.56 Å². The third kappa shape index (κ3) is 5.03. The highest BCUT2D eigenvalue weighted by atomic mass is 16.6. The van der Waals surface area contributed by atoms with E-state index in [-0.39, 0.29) is 12.2 Å². The van der Waals surface area contributed by atoms with Crippen LogP contribution in [-0.4, -0.2) is 23.5 Å². The standard InChI is InChI=1S/C13H19NO4/c1-9(14-12(16)18-13(2,3)4)11(15)7-10-5-6-17-8-10/h5-6,8-9H,7H2,1-4H3,(H,14,16). The number of furan rings is 1. The first-order valence-electron chi connectivity index (χ1n) is 5.81. The number of rotatable bonds is 4. The lowest BCUT2D eigenvalue weighted by molar-refractivity contribution is -0.120. The van der Waals surface area contributed by atoms with Gasteiger partial charge in [-0.25, -0.2) is 4.79 Å². The summed E-state index contributed by atoms with van der Waals surface area (Å²) in [5.41, 5.74) is 0.218. The Labute approximate surface area is 106 Å². The van der Waals surface area contributed by atoms with Crippen molar-refractivity contribution in [1.82, 2.24) is 5.32 Å². The Bertz CT molecular complexity index is 403. The van der Waals surface area contributed by atoms with E-state index < -0.39 is 17.7 Å². The van der Waals surface area contributed by atoms with Crippen LogP contribution in [0.15, 0.2) is 23.0 Å². The van der Waals surface area contributed by atoms with Gasteiger partial charge in [-0.3, -0.25) is 4.79 Å². The van der Waals surface area contributed by atoms with Crippen molar-refractivity contribution in [3.63, 3.8) is 0 Å². The lowest BCUT2D eigenvalue weighted by Gasteiger charge is -2.21. The van der Waals surface area contributed by atoms with Gasteiger partial charge in [0, 0.05) is 6.42 Å². The maximum Gasteiger partial charge on any atom is 0.408 e. The third-order valence-corrected chi connectivity index (χ3v) is 2.17. The Morgan fingerprint density at radius 1 is 1.44 bits per heavy atom. The highest BCUT2D eigenvalue weighted by Crippen LogP contribution is 2.07. The number of amides is 1. The van der Waals surface area contributed by atoms with Crippen molar-refractivity contribution < 1.29 is 18.7 Å². The Morgan fingerprint density at radius 2 is 2.11 bits per heavy atom. The predicted octanol–water partition coefficient (Wildman–Crippen LogP) is 2.30. The second-order valence-corrected chi connectivity index (χ2v) is 5.14. The van der Waals surface area contributed by atoms with E-state index in [0.29, 0.717) is 0 Å². The van der Waals surface area contributed by atoms with E-state index >= 15 is 0 Å². The molecule has 0 aliphatic heterocycles. The molecule has 0 fully saturated rings. The zero-order chi connectivity index (χ0) is 13.8. The topological polar surface area (TPSA) is 68.5 Å². The largest absolute Gasteiger partial charge is 0.472 e. The van der Waals surface area contributed by atoms with Crippen LogP contribution >= 0.6 is 0 Å². The molecule has 1 aromatic heterocycles. The van der Waals surface area contributed by atoms with Crippen LogP contribution in [0.1, 0.15) is 33.3 Å². The fourth-order valence-corrected chi connectivity index (χ4v) is 1.31. The molecule has 100 valence electrons. The van der Waals surface area contributed by atoms with Gasteiger partial charge in [-0.15, -0.1) is 0 Å². The minimum atomic E-state index is -0.588. The average molecular weight is 253 g/mol. The zero-order valence-corrected chi connectivity index (χ0v) is 11.1. The molecule has 1 amide bonds. The number of Topliss-reactive ketones (excluding diaryl/α,β-unsaturated/α-hetero) is 1. The lowest BCUT2D eigenvalue weighted by Crippen LogP contribution is -2.42. The predicted molar refractivity (Wildman–Crippen MR) is 66.3 cm³/mol. The van der Waals surface area contributed by atoms with Gasteiger partial charge in [0.2, 0.25) is 0 Å². The van der Waals surface area contributed by atoms with E-state index in [1.807, 2.05) is 0 Å². The van der Waals surface area contributed by atoms with Crippen LogP contribution in [0.25, 0.3) is 0 Å². The minimum absolute atomic E-state index is 0.0951. The summed E-state index contributed by atoms with van der Waals surface area (Å²) in [4.78, 5) is 23.3. The normalized spacial score (nSPS) is 12.9. The third-order valence-electron chi connectivity index (χ3n) is 2.17. The fraction of sp³-hybridized carbons (Fsp3) is 0.538. The molecule has 1 rings (SSSR count). The van der Waals surface area contributed by atoms with Gasteiger partial charge >= 0.3 is 6.09 Å². The Balaban J connectivity index is 2.42.